The molecular weight excluding hydrogens is 714 g/mol. The van der Waals surface area contributed by atoms with Crippen molar-refractivity contribution >= 4 is 5.91 Å². The van der Waals surface area contributed by atoms with Gasteiger partial charge in [-0.25, -0.2) is 0 Å². The van der Waals surface area contributed by atoms with E-state index in [1.807, 2.05) is 6.92 Å². The number of hydrogen-bond acceptors (Lipinski definition) is 13. The number of rotatable bonds is 29. The first kappa shape index (κ1) is 49.4. The fourth-order valence-corrected chi connectivity index (χ4v) is 6.56. The van der Waals surface area contributed by atoms with Crippen molar-refractivity contribution in [3.8, 4) is 0 Å². The summed E-state index contributed by atoms with van der Waals surface area (Å²) in [6.07, 6.45) is 13.1. The largest absolute Gasteiger partial charge is 0.394 e. The fraction of sp³-hybridized carbons (Fsp3) is 0.829. The van der Waals surface area contributed by atoms with Crippen LogP contribution >= 0.6 is 0 Å². The third-order valence-electron chi connectivity index (χ3n) is 10.1. The molecule has 2 saturated heterocycles. The fourth-order valence-electron chi connectivity index (χ4n) is 6.56. The highest BCUT2D eigenvalue weighted by Gasteiger charge is 2.50. The highest BCUT2D eigenvalue weighted by Crippen LogP contribution is 2.29. The summed E-state index contributed by atoms with van der Waals surface area (Å²) >= 11 is 0. The van der Waals surface area contributed by atoms with Crippen LogP contribution in [-0.2, 0) is 23.7 Å². The maximum Gasteiger partial charge on any atom is 0.220 e. The summed E-state index contributed by atoms with van der Waals surface area (Å²) in [6, 6.07) is -0.912. The molecule has 2 rings (SSSR count). The van der Waals surface area contributed by atoms with Crippen molar-refractivity contribution in [1.82, 2.24) is 5.32 Å². The molecule has 0 aromatic rings. The molecule has 0 radical (unpaired) electrons. The summed E-state index contributed by atoms with van der Waals surface area (Å²) in [5.41, 5.74) is 0. The van der Waals surface area contributed by atoms with Gasteiger partial charge in [0.2, 0.25) is 5.91 Å². The van der Waals surface area contributed by atoms with Crippen LogP contribution in [0.5, 0.6) is 0 Å². The molecule has 12 atom stereocenters. The zero-order chi connectivity index (χ0) is 40.4. The van der Waals surface area contributed by atoms with E-state index in [-0.39, 0.29) is 18.9 Å². The van der Waals surface area contributed by atoms with Crippen LogP contribution < -0.4 is 5.32 Å². The minimum absolute atomic E-state index is 0.263. The quantitative estimate of drug-likeness (QED) is 0.0393. The van der Waals surface area contributed by atoms with E-state index < -0.39 is 86.8 Å². The number of aliphatic hydroxyl groups excluding tert-OH is 8. The first-order valence-corrected chi connectivity index (χ1v) is 20.7. The number of hydrogen-bond donors (Lipinski definition) is 9. The van der Waals surface area contributed by atoms with Crippen molar-refractivity contribution in [2.75, 3.05) is 19.8 Å². The van der Waals surface area contributed by atoms with E-state index in [2.05, 4.69) is 36.5 Å². The van der Waals surface area contributed by atoms with Gasteiger partial charge < -0.3 is 65.1 Å². The van der Waals surface area contributed by atoms with Crippen LogP contribution in [0.2, 0.25) is 0 Å². The van der Waals surface area contributed by atoms with Crippen LogP contribution in [0.3, 0.4) is 0 Å². The van der Waals surface area contributed by atoms with Crippen molar-refractivity contribution in [3.05, 3.63) is 36.5 Å². The highest BCUT2D eigenvalue weighted by atomic mass is 16.7. The standard InChI is InChI=1S/C41H73NO13/c1-3-5-7-8-9-10-11-12-13-14-15-16-17-18-19-20-21-23-25-33(46)42-29(30(45)24-22-6-4-2)28-52-40-38(51)36(49)39(32(27-44)54-40)55-41-37(50)35(48)34(47)31(26-43)53-41/h10-11,13-14,22,24,29-32,34-41,43-45,47-51H,3-9,12,15-21,23,25-28H2,1-2H3,(H,42,46)/b11-10-,14-13-,24-22+. The van der Waals surface area contributed by atoms with Crippen molar-refractivity contribution < 1.29 is 64.6 Å². The Hall–Kier alpha value is -1.79. The monoisotopic (exact) mass is 788 g/mol. The minimum atomic E-state index is -1.78. The van der Waals surface area contributed by atoms with Gasteiger partial charge >= 0.3 is 0 Å². The third kappa shape index (κ3) is 18.6. The summed E-state index contributed by atoms with van der Waals surface area (Å²) in [6.45, 7) is 2.49. The van der Waals surface area contributed by atoms with E-state index in [1.54, 1.807) is 12.2 Å². The average molecular weight is 788 g/mol. The van der Waals surface area contributed by atoms with E-state index in [0.29, 0.717) is 6.42 Å². The smallest absolute Gasteiger partial charge is 0.220 e. The number of amides is 1. The van der Waals surface area contributed by atoms with Gasteiger partial charge in [-0.1, -0.05) is 108 Å². The zero-order valence-electron chi connectivity index (χ0n) is 33.2. The summed E-state index contributed by atoms with van der Waals surface area (Å²) in [5.74, 6) is -0.263. The number of ether oxygens (including phenoxy) is 4. The Balaban J connectivity index is 1.77. The number of carbonyl (C=O) groups is 1. The van der Waals surface area contributed by atoms with Gasteiger partial charge in [0.15, 0.2) is 12.6 Å². The second-order valence-corrected chi connectivity index (χ2v) is 14.8. The van der Waals surface area contributed by atoms with Gasteiger partial charge in [-0.2, -0.15) is 0 Å². The van der Waals surface area contributed by atoms with Crippen LogP contribution in [0.15, 0.2) is 36.5 Å². The van der Waals surface area contributed by atoms with Gasteiger partial charge in [-0.15, -0.1) is 0 Å². The number of allylic oxidation sites excluding steroid dienone is 5. The summed E-state index contributed by atoms with van der Waals surface area (Å²) in [7, 11) is 0. The van der Waals surface area contributed by atoms with Crippen molar-refractivity contribution in [1.29, 1.82) is 0 Å². The Bertz CT molecular complexity index is 1070. The molecule has 14 heteroatoms. The minimum Gasteiger partial charge on any atom is -0.394 e. The molecule has 0 aromatic carbocycles. The second kappa shape index (κ2) is 29.4. The van der Waals surface area contributed by atoms with Crippen LogP contribution in [0.25, 0.3) is 0 Å². The lowest BCUT2D eigenvalue weighted by atomic mass is 9.97. The van der Waals surface area contributed by atoms with Gasteiger partial charge in [0.25, 0.3) is 0 Å². The Labute approximate surface area is 328 Å². The summed E-state index contributed by atoms with van der Waals surface area (Å²) in [4.78, 5) is 12.9. The molecule has 12 unspecified atom stereocenters. The predicted octanol–water partition coefficient (Wildman–Crippen LogP) is 2.81. The Morgan fingerprint density at radius 1 is 0.655 bits per heavy atom. The molecule has 14 nitrogen and oxygen atoms in total. The number of nitrogens with one attached hydrogen (secondary N) is 1. The molecule has 2 aliphatic heterocycles. The van der Waals surface area contributed by atoms with Gasteiger partial charge in [-0.05, 0) is 44.9 Å². The lowest BCUT2D eigenvalue weighted by Gasteiger charge is -2.46. The van der Waals surface area contributed by atoms with E-state index in [9.17, 15) is 45.6 Å². The molecule has 9 N–H and O–H groups in total. The number of unbranched alkanes of at least 4 members (excludes halogenated alkanes) is 12. The molecule has 0 aromatic heterocycles. The molecular formula is C41H73NO13. The van der Waals surface area contributed by atoms with Crippen molar-refractivity contribution in [2.45, 2.75) is 197 Å². The first-order valence-electron chi connectivity index (χ1n) is 20.7. The highest BCUT2D eigenvalue weighted by molar-refractivity contribution is 5.76. The van der Waals surface area contributed by atoms with Crippen LogP contribution in [0.1, 0.15) is 123 Å². The maximum atomic E-state index is 12.9. The van der Waals surface area contributed by atoms with Crippen LogP contribution in [-0.4, -0.2) is 140 Å². The molecule has 0 spiro atoms. The molecule has 1 amide bonds. The van der Waals surface area contributed by atoms with Crippen molar-refractivity contribution in [2.24, 2.45) is 0 Å². The zero-order valence-corrected chi connectivity index (χ0v) is 33.2. The molecule has 0 aliphatic carbocycles. The SMILES string of the molecule is CCC/C=C/C(O)C(COC1OC(CO)C(OC2OC(CO)C(O)C(O)C2O)C(O)C1O)NC(=O)CCCCCCCCC/C=C\C/C=C\CCCCCC. The molecule has 2 fully saturated rings. The van der Waals surface area contributed by atoms with Gasteiger partial charge in [0, 0.05) is 6.42 Å². The lowest BCUT2D eigenvalue weighted by molar-refractivity contribution is -0.359. The van der Waals surface area contributed by atoms with E-state index in [4.69, 9.17) is 18.9 Å². The van der Waals surface area contributed by atoms with Crippen LogP contribution in [0.4, 0.5) is 0 Å². The average Bonchev–Trinajstić information content (AvgIpc) is 3.18. The topological polar surface area (TPSA) is 228 Å². The van der Waals surface area contributed by atoms with Gasteiger partial charge in [0.1, 0.15) is 48.8 Å². The Morgan fingerprint density at radius 2 is 1.24 bits per heavy atom. The van der Waals surface area contributed by atoms with Gasteiger partial charge in [-0.3, -0.25) is 4.79 Å². The molecule has 2 heterocycles. The van der Waals surface area contributed by atoms with Gasteiger partial charge in [0.05, 0.1) is 32.0 Å². The predicted molar refractivity (Wildman–Crippen MR) is 208 cm³/mol. The molecule has 0 bridgehead atoms. The third-order valence-corrected chi connectivity index (χ3v) is 10.1. The normalized spacial score (nSPS) is 30.1. The molecule has 0 saturated carbocycles. The number of carbonyl (C=O) groups excluding carboxylic acids is 1. The van der Waals surface area contributed by atoms with E-state index in [1.165, 1.54) is 44.9 Å². The van der Waals surface area contributed by atoms with Crippen LogP contribution in [0, 0.1) is 0 Å². The Kier molecular flexibility index (Phi) is 26.4. The maximum absolute atomic E-state index is 12.9. The first-order chi connectivity index (χ1) is 26.6. The lowest BCUT2D eigenvalue weighted by Crippen LogP contribution is -2.65. The Morgan fingerprint density at radius 3 is 1.85 bits per heavy atom. The molecule has 2 aliphatic rings. The molecule has 55 heavy (non-hydrogen) atoms. The second-order valence-electron chi connectivity index (χ2n) is 14.8. The number of aliphatic hydroxyl groups is 8. The molecule has 320 valence electrons. The van der Waals surface area contributed by atoms with E-state index >= 15 is 0 Å². The van der Waals surface area contributed by atoms with E-state index in [0.717, 1.165) is 51.4 Å². The summed E-state index contributed by atoms with van der Waals surface area (Å²) in [5, 5.41) is 85.5. The summed E-state index contributed by atoms with van der Waals surface area (Å²) < 4.78 is 22.4. The van der Waals surface area contributed by atoms with Crippen molar-refractivity contribution in [3.63, 3.8) is 0 Å².